The van der Waals surface area contributed by atoms with Gasteiger partial charge in [-0.15, -0.1) is 0 Å². The average Bonchev–Trinajstić information content (AvgIpc) is 3.57. The number of halogens is 1. The Kier molecular flexibility index (Phi) is 8.08. The lowest BCUT2D eigenvalue weighted by atomic mass is 9.94. The number of esters is 2. The summed E-state index contributed by atoms with van der Waals surface area (Å²) in [5.41, 5.74) is 2.73. The van der Waals surface area contributed by atoms with Crippen molar-refractivity contribution in [2.45, 2.75) is 44.4 Å². The summed E-state index contributed by atoms with van der Waals surface area (Å²) in [6, 6.07) is 3.74. The van der Waals surface area contributed by atoms with Crippen molar-refractivity contribution in [3.63, 3.8) is 0 Å². The highest BCUT2D eigenvalue weighted by Gasteiger charge is 2.31. The molecular formula is C23H26ClNO5. The van der Waals surface area contributed by atoms with Crippen molar-refractivity contribution in [1.29, 1.82) is 0 Å². The number of allylic oxidation sites excluding steroid dienone is 3. The van der Waals surface area contributed by atoms with E-state index < -0.39 is 5.97 Å². The molecule has 30 heavy (non-hydrogen) atoms. The third kappa shape index (κ3) is 6.20. The maximum absolute atomic E-state index is 13.0. The number of ether oxygens (including phenoxy) is 2. The number of fused-ring (bicyclic) bond motifs is 1. The van der Waals surface area contributed by atoms with E-state index in [4.69, 9.17) is 21.2 Å². The molecule has 0 aromatic heterocycles. The molecule has 0 spiro atoms. The normalized spacial score (nSPS) is 21.1. The molecule has 1 aromatic rings. The van der Waals surface area contributed by atoms with Gasteiger partial charge in [0.2, 0.25) is 6.61 Å². The molecule has 6 nitrogen and oxygen atoms in total. The van der Waals surface area contributed by atoms with E-state index >= 15 is 0 Å². The Morgan fingerprint density at radius 3 is 2.73 bits per heavy atom. The van der Waals surface area contributed by atoms with Crippen LogP contribution in [0.1, 0.15) is 59.5 Å². The van der Waals surface area contributed by atoms with Crippen molar-refractivity contribution in [2.75, 3.05) is 20.3 Å². The van der Waals surface area contributed by atoms with E-state index in [9.17, 15) is 9.59 Å². The summed E-state index contributed by atoms with van der Waals surface area (Å²) in [6.45, 7) is 0.0335. The van der Waals surface area contributed by atoms with E-state index in [1.807, 2.05) is 30.4 Å². The zero-order valence-corrected chi connectivity index (χ0v) is 17.8. The van der Waals surface area contributed by atoms with Crippen molar-refractivity contribution < 1.29 is 23.9 Å². The molecule has 0 unspecified atom stereocenters. The number of methoxy groups -OCH3 is 1. The molecule has 2 aliphatic rings. The second kappa shape index (κ2) is 11.0. The molecule has 1 aliphatic carbocycles. The van der Waals surface area contributed by atoms with Crippen LogP contribution in [0, 0.1) is 0 Å². The average molecular weight is 432 g/mol. The van der Waals surface area contributed by atoms with Gasteiger partial charge < -0.3 is 14.3 Å². The number of hydrogen-bond donors (Lipinski definition) is 0. The summed E-state index contributed by atoms with van der Waals surface area (Å²) in [6.07, 6.45) is 12.7. The standard InChI is InChI=1S/C23H26ClNO5/c1-28-21(26)15-30-25-17-8-6-4-2-3-5-7-13-29-23(27)22-18(16-9-10-16)11-12-20(24)19(22)14-17/h3,5-6,8,11-12,16H,2,4,7,9-10,13-15H2,1H3/b5-3+,8-6+,25-17-. The number of oxime groups is 1. The summed E-state index contributed by atoms with van der Waals surface area (Å²) in [5.74, 6) is -0.528. The second-order valence-electron chi connectivity index (χ2n) is 7.25. The fraction of sp³-hybridized carbons (Fsp3) is 0.435. The van der Waals surface area contributed by atoms with Crippen LogP contribution in [0.25, 0.3) is 0 Å². The summed E-state index contributed by atoms with van der Waals surface area (Å²) in [4.78, 5) is 29.5. The minimum atomic E-state index is -0.521. The van der Waals surface area contributed by atoms with Gasteiger partial charge in [0.1, 0.15) is 0 Å². The van der Waals surface area contributed by atoms with Gasteiger partial charge in [0.25, 0.3) is 0 Å². The highest BCUT2D eigenvalue weighted by Crippen LogP contribution is 2.43. The minimum Gasteiger partial charge on any atom is -0.466 e. The Balaban J connectivity index is 1.96. The number of hydrogen-bond acceptors (Lipinski definition) is 6. The predicted molar refractivity (Wildman–Crippen MR) is 115 cm³/mol. The van der Waals surface area contributed by atoms with Crippen LogP contribution in [-0.4, -0.2) is 38.0 Å². The fourth-order valence-electron chi connectivity index (χ4n) is 3.26. The number of benzene rings is 1. The van der Waals surface area contributed by atoms with Gasteiger partial charge in [-0.2, -0.15) is 0 Å². The van der Waals surface area contributed by atoms with Crippen LogP contribution in [-0.2, 0) is 25.5 Å². The number of nitrogens with zero attached hydrogens (tertiary/aromatic N) is 1. The van der Waals surface area contributed by atoms with E-state index in [0.717, 1.165) is 31.2 Å². The first kappa shape index (κ1) is 22.1. The first-order valence-electron chi connectivity index (χ1n) is 10.2. The number of rotatable bonds is 4. The van der Waals surface area contributed by atoms with Crippen LogP contribution >= 0.6 is 11.6 Å². The zero-order chi connectivity index (χ0) is 21.3. The van der Waals surface area contributed by atoms with Crippen molar-refractivity contribution in [3.8, 4) is 0 Å². The second-order valence-corrected chi connectivity index (χ2v) is 7.66. The van der Waals surface area contributed by atoms with Crippen LogP contribution in [0.5, 0.6) is 0 Å². The maximum atomic E-state index is 13.0. The molecule has 7 heteroatoms. The Morgan fingerprint density at radius 1 is 1.20 bits per heavy atom. The lowest BCUT2D eigenvalue weighted by Crippen LogP contribution is -2.15. The van der Waals surface area contributed by atoms with Gasteiger partial charge in [-0.05, 0) is 61.3 Å². The molecule has 0 radical (unpaired) electrons. The third-order valence-electron chi connectivity index (χ3n) is 4.95. The number of carbonyl (C=O) groups is 2. The van der Waals surface area contributed by atoms with Gasteiger partial charge in [0.05, 0.1) is 25.0 Å². The van der Waals surface area contributed by atoms with Crippen LogP contribution in [0.15, 0.2) is 41.6 Å². The molecule has 160 valence electrons. The summed E-state index contributed by atoms with van der Waals surface area (Å²) in [7, 11) is 1.29. The topological polar surface area (TPSA) is 74.2 Å². The Labute approximate surface area is 181 Å². The van der Waals surface area contributed by atoms with E-state index in [1.165, 1.54) is 7.11 Å². The Morgan fingerprint density at radius 2 is 1.97 bits per heavy atom. The third-order valence-corrected chi connectivity index (χ3v) is 5.31. The monoisotopic (exact) mass is 431 g/mol. The van der Waals surface area contributed by atoms with Gasteiger partial charge in [0.15, 0.2) is 0 Å². The summed E-state index contributed by atoms with van der Waals surface area (Å²) >= 11 is 6.52. The first-order chi connectivity index (χ1) is 14.6. The Bertz CT molecular complexity index is 871. The SMILES string of the molecule is COC(=O)CO/N=C1/C=C/CC/C=C/CCOC(=O)c2c(C3CC3)ccc(Cl)c2C1. The fourth-order valence-corrected chi connectivity index (χ4v) is 3.48. The molecule has 0 atom stereocenters. The van der Waals surface area contributed by atoms with E-state index in [2.05, 4.69) is 16.0 Å². The van der Waals surface area contributed by atoms with Crippen molar-refractivity contribution in [2.24, 2.45) is 5.16 Å². The van der Waals surface area contributed by atoms with Gasteiger partial charge in [-0.25, -0.2) is 9.59 Å². The van der Waals surface area contributed by atoms with Crippen LogP contribution in [0.2, 0.25) is 5.02 Å². The molecule has 1 aliphatic heterocycles. The first-order valence-corrected chi connectivity index (χ1v) is 10.5. The molecule has 1 heterocycles. The predicted octanol–water partition coefficient (Wildman–Crippen LogP) is 4.76. The van der Waals surface area contributed by atoms with Gasteiger partial charge >= 0.3 is 11.9 Å². The van der Waals surface area contributed by atoms with E-state index in [-0.39, 0.29) is 19.0 Å². The zero-order valence-electron chi connectivity index (χ0n) is 17.1. The highest BCUT2D eigenvalue weighted by molar-refractivity contribution is 6.32. The molecule has 3 rings (SSSR count). The smallest absolute Gasteiger partial charge is 0.346 e. The van der Waals surface area contributed by atoms with Crippen LogP contribution in [0.4, 0.5) is 0 Å². The van der Waals surface area contributed by atoms with Crippen molar-refractivity contribution in [1.82, 2.24) is 0 Å². The molecular weight excluding hydrogens is 406 g/mol. The molecule has 1 fully saturated rings. The van der Waals surface area contributed by atoms with Gasteiger partial charge in [-0.3, -0.25) is 0 Å². The van der Waals surface area contributed by atoms with E-state index in [0.29, 0.717) is 40.8 Å². The lowest BCUT2D eigenvalue weighted by molar-refractivity contribution is -0.145. The maximum Gasteiger partial charge on any atom is 0.346 e. The molecule has 0 amide bonds. The quantitative estimate of drug-likeness (QED) is 0.390. The van der Waals surface area contributed by atoms with Gasteiger partial charge in [-0.1, -0.05) is 41.1 Å². The molecule has 1 aromatic carbocycles. The number of cyclic esters (lactones) is 1. The summed E-state index contributed by atoms with van der Waals surface area (Å²) in [5, 5.41) is 4.58. The lowest BCUT2D eigenvalue weighted by Gasteiger charge is -2.16. The molecule has 0 saturated heterocycles. The van der Waals surface area contributed by atoms with E-state index in [1.54, 1.807) is 0 Å². The van der Waals surface area contributed by atoms with Crippen LogP contribution < -0.4 is 0 Å². The van der Waals surface area contributed by atoms with Crippen molar-refractivity contribution >= 4 is 29.3 Å². The summed E-state index contributed by atoms with van der Waals surface area (Å²) < 4.78 is 10.1. The van der Waals surface area contributed by atoms with Crippen LogP contribution in [0.3, 0.4) is 0 Å². The molecule has 0 bridgehead atoms. The number of carbonyl (C=O) groups excluding carboxylic acids is 2. The highest BCUT2D eigenvalue weighted by atomic mass is 35.5. The molecule has 1 saturated carbocycles. The van der Waals surface area contributed by atoms with Gasteiger partial charge in [0, 0.05) is 11.4 Å². The van der Waals surface area contributed by atoms with Crippen molar-refractivity contribution in [3.05, 3.63) is 58.1 Å². The minimum absolute atomic E-state index is 0.289. The largest absolute Gasteiger partial charge is 0.466 e. The Hall–Kier alpha value is -2.60. The molecule has 0 N–H and O–H groups in total.